The fraction of sp³-hybridized carbons (Fsp3) is 0.154. The molecular weight excluding hydrogens is 220 g/mol. The van der Waals surface area contributed by atoms with Crippen molar-refractivity contribution >= 4 is 17.3 Å². The van der Waals surface area contributed by atoms with Gasteiger partial charge in [0.1, 0.15) is 5.15 Å². The van der Waals surface area contributed by atoms with Crippen molar-refractivity contribution in [2.75, 3.05) is 5.32 Å². The van der Waals surface area contributed by atoms with Crippen LogP contribution in [0.1, 0.15) is 11.3 Å². The van der Waals surface area contributed by atoms with Gasteiger partial charge in [-0.15, -0.1) is 0 Å². The van der Waals surface area contributed by atoms with Crippen LogP contribution in [0.3, 0.4) is 0 Å². The van der Waals surface area contributed by atoms with Crippen molar-refractivity contribution in [3.63, 3.8) is 0 Å². The van der Waals surface area contributed by atoms with Gasteiger partial charge in [-0.3, -0.25) is 0 Å². The number of benzene rings is 1. The number of anilines is 1. The van der Waals surface area contributed by atoms with E-state index in [-0.39, 0.29) is 0 Å². The van der Waals surface area contributed by atoms with E-state index in [4.69, 9.17) is 11.6 Å². The van der Waals surface area contributed by atoms with Crippen LogP contribution in [0.2, 0.25) is 5.15 Å². The molecule has 1 aromatic carbocycles. The molecule has 1 N–H and O–H groups in total. The Labute approximate surface area is 100 Å². The first kappa shape index (κ1) is 11.0. The molecule has 0 radical (unpaired) electrons. The molecule has 0 saturated carbocycles. The van der Waals surface area contributed by atoms with E-state index in [0.717, 1.165) is 17.9 Å². The highest BCUT2D eigenvalue weighted by Gasteiger charge is 1.99. The first-order chi connectivity index (χ1) is 7.75. The quantitative estimate of drug-likeness (QED) is 0.817. The van der Waals surface area contributed by atoms with E-state index < -0.39 is 0 Å². The maximum Gasteiger partial charge on any atom is 0.129 e. The van der Waals surface area contributed by atoms with Crippen LogP contribution in [0.25, 0.3) is 0 Å². The summed E-state index contributed by atoms with van der Waals surface area (Å²) in [4.78, 5) is 4.19. The molecule has 2 nitrogen and oxygen atoms in total. The Morgan fingerprint density at radius 2 is 1.88 bits per heavy atom. The fourth-order valence-electron chi connectivity index (χ4n) is 1.51. The highest BCUT2D eigenvalue weighted by molar-refractivity contribution is 6.29. The van der Waals surface area contributed by atoms with Gasteiger partial charge in [0.15, 0.2) is 0 Å². The molecule has 0 spiro atoms. The minimum absolute atomic E-state index is 0.530. The molecule has 2 rings (SSSR count). The molecule has 0 amide bonds. The summed E-state index contributed by atoms with van der Waals surface area (Å²) in [6, 6.07) is 14.0. The second kappa shape index (κ2) is 4.99. The highest BCUT2D eigenvalue weighted by Crippen LogP contribution is 2.16. The molecule has 0 aliphatic heterocycles. The second-order valence-corrected chi connectivity index (χ2v) is 3.99. The number of hydrogen-bond donors (Lipinski definition) is 1. The van der Waals surface area contributed by atoms with Crippen molar-refractivity contribution in [1.82, 2.24) is 4.98 Å². The Balaban J connectivity index is 2.05. The van der Waals surface area contributed by atoms with Crippen LogP contribution in [0.15, 0.2) is 42.5 Å². The first-order valence-corrected chi connectivity index (χ1v) is 5.54. The van der Waals surface area contributed by atoms with Crippen LogP contribution in [-0.4, -0.2) is 4.98 Å². The lowest BCUT2D eigenvalue weighted by Crippen LogP contribution is -2.01. The third-order valence-electron chi connectivity index (χ3n) is 2.38. The predicted molar refractivity (Wildman–Crippen MR) is 67.8 cm³/mol. The van der Waals surface area contributed by atoms with E-state index in [1.54, 1.807) is 6.07 Å². The molecule has 0 fully saturated rings. The van der Waals surface area contributed by atoms with Gasteiger partial charge in [-0.2, -0.15) is 0 Å². The Morgan fingerprint density at radius 3 is 2.56 bits per heavy atom. The van der Waals surface area contributed by atoms with Crippen LogP contribution in [0, 0.1) is 6.92 Å². The summed E-state index contributed by atoms with van der Waals surface area (Å²) in [5, 5.41) is 3.87. The SMILES string of the molecule is Cc1nc(Cl)ccc1NCc1ccccc1. The third-order valence-corrected chi connectivity index (χ3v) is 2.59. The maximum absolute atomic E-state index is 5.80. The molecule has 0 atom stereocenters. The predicted octanol–water partition coefficient (Wildman–Crippen LogP) is 3.66. The van der Waals surface area contributed by atoms with Gasteiger partial charge in [0, 0.05) is 6.54 Å². The first-order valence-electron chi connectivity index (χ1n) is 5.16. The van der Waals surface area contributed by atoms with Gasteiger partial charge < -0.3 is 5.32 Å². The number of nitrogens with zero attached hydrogens (tertiary/aromatic N) is 1. The van der Waals surface area contributed by atoms with Crippen molar-refractivity contribution in [2.45, 2.75) is 13.5 Å². The number of aryl methyl sites for hydroxylation is 1. The number of pyridine rings is 1. The van der Waals surface area contributed by atoms with E-state index in [0.29, 0.717) is 5.15 Å². The molecule has 0 saturated heterocycles. The van der Waals surface area contributed by atoms with Crippen LogP contribution < -0.4 is 5.32 Å². The third kappa shape index (κ3) is 2.74. The minimum Gasteiger partial charge on any atom is -0.380 e. The molecule has 16 heavy (non-hydrogen) atoms. The van der Waals surface area contributed by atoms with Crippen LogP contribution in [-0.2, 0) is 6.54 Å². The lowest BCUT2D eigenvalue weighted by Gasteiger charge is -2.08. The van der Waals surface area contributed by atoms with E-state index in [2.05, 4.69) is 22.4 Å². The monoisotopic (exact) mass is 232 g/mol. The smallest absolute Gasteiger partial charge is 0.129 e. The van der Waals surface area contributed by atoms with Crippen molar-refractivity contribution in [3.8, 4) is 0 Å². The topological polar surface area (TPSA) is 24.9 Å². The number of rotatable bonds is 3. The normalized spacial score (nSPS) is 10.1. The summed E-state index contributed by atoms with van der Waals surface area (Å²) in [6.07, 6.45) is 0. The van der Waals surface area contributed by atoms with E-state index in [9.17, 15) is 0 Å². The summed E-state index contributed by atoms with van der Waals surface area (Å²) in [5.74, 6) is 0. The molecular formula is C13H13ClN2. The number of hydrogen-bond acceptors (Lipinski definition) is 2. The average molecular weight is 233 g/mol. The van der Waals surface area contributed by atoms with E-state index in [1.807, 2.05) is 31.2 Å². The maximum atomic E-state index is 5.80. The van der Waals surface area contributed by atoms with Crippen LogP contribution in [0.4, 0.5) is 5.69 Å². The Hall–Kier alpha value is -1.54. The molecule has 82 valence electrons. The molecule has 1 aromatic heterocycles. The number of halogens is 1. The largest absolute Gasteiger partial charge is 0.380 e. The fourth-order valence-corrected chi connectivity index (χ4v) is 1.70. The Bertz CT molecular complexity index is 469. The van der Waals surface area contributed by atoms with Crippen molar-refractivity contribution in [1.29, 1.82) is 0 Å². The standard InChI is InChI=1S/C13H13ClN2/c1-10-12(7-8-13(14)16-10)15-9-11-5-3-2-4-6-11/h2-8,15H,9H2,1H3. The molecule has 1 heterocycles. The van der Waals surface area contributed by atoms with Gasteiger partial charge in [0.2, 0.25) is 0 Å². The van der Waals surface area contributed by atoms with Crippen molar-refractivity contribution in [3.05, 3.63) is 58.9 Å². The van der Waals surface area contributed by atoms with Crippen molar-refractivity contribution < 1.29 is 0 Å². The Kier molecular flexibility index (Phi) is 3.42. The second-order valence-electron chi connectivity index (χ2n) is 3.61. The van der Waals surface area contributed by atoms with E-state index >= 15 is 0 Å². The summed E-state index contributed by atoms with van der Waals surface area (Å²) in [5.41, 5.74) is 3.19. The Morgan fingerprint density at radius 1 is 1.12 bits per heavy atom. The van der Waals surface area contributed by atoms with Crippen LogP contribution in [0.5, 0.6) is 0 Å². The lowest BCUT2D eigenvalue weighted by molar-refractivity contribution is 1.11. The van der Waals surface area contributed by atoms with Gasteiger partial charge in [-0.05, 0) is 24.6 Å². The summed E-state index contributed by atoms with van der Waals surface area (Å²) >= 11 is 5.80. The van der Waals surface area contributed by atoms with Gasteiger partial charge in [0.25, 0.3) is 0 Å². The van der Waals surface area contributed by atoms with Gasteiger partial charge in [-0.1, -0.05) is 41.9 Å². The van der Waals surface area contributed by atoms with Gasteiger partial charge in [-0.25, -0.2) is 4.98 Å². The summed E-state index contributed by atoms with van der Waals surface area (Å²) in [7, 11) is 0. The summed E-state index contributed by atoms with van der Waals surface area (Å²) in [6.45, 7) is 2.74. The number of nitrogens with one attached hydrogen (secondary N) is 1. The molecule has 0 unspecified atom stereocenters. The molecule has 0 aliphatic carbocycles. The molecule has 2 aromatic rings. The van der Waals surface area contributed by atoms with Crippen LogP contribution >= 0.6 is 11.6 Å². The zero-order chi connectivity index (χ0) is 11.4. The van der Waals surface area contributed by atoms with Gasteiger partial charge in [0.05, 0.1) is 11.4 Å². The van der Waals surface area contributed by atoms with E-state index in [1.165, 1.54) is 5.56 Å². The average Bonchev–Trinajstić information content (AvgIpc) is 2.29. The summed E-state index contributed by atoms with van der Waals surface area (Å²) < 4.78 is 0. The zero-order valence-corrected chi connectivity index (χ0v) is 9.83. The number of aromatic nitrogens is 1. The van der Waals surface area contributed by atoms with Gasteiger partial charge >= 0.3 is 0 Å². The minimum atomic E-state index is 0.530. The molecule has 0 aliphatic rings. The van der Waals surface area contributed by atoms with Crippen molar-refractivity contribution in [2.24, 2.45) is 0 Å². The highest BCUT2D eigenvalue weighted by atomic mass is 35.5. The molecule has 3 heteroatoms. The molecule has 0 bridgehead atoms. The lowest BCUT2D eigenvalue weighted by atomic mass is 10.2. The zero-order valence-electron chi connectivity index (χ0n) is 9.07.